The van der Waals surface area contributed by atoms with Gasteiger partial charge in [-0.05, 0) is 55.6 Å². The van der Waals surface area contributed by atoms with Crippen LogP contribution in [0.25, 0.3) is 10.1 Å². The second kappa shape index (κ2) is 6.94. The van der Waals surface area contributed by atoms with Gasteiger partial charge in [0.1, 0.15) is 0 Å². The third-order valence-electron chi connectivity index (χ3n) is 4.93. The summed E-state index contributed by atoms with van der Waals surface area (Å²) in [4.78, 5) is 19.5. The smallest absolute Gasteiger partial charge is 0.306 e. The maximum Gasteiger partial charge on any atom is 0.306 e. The molecule has 0 radical (unpaired) electrons. The Balaban J connectivity index is 1.69. The summed E-state index contributed by atoms with van der Waals surface area (Å²) in [6, 6.07) is 16.8. The van der Waals surface area contributed by atoms with E-state index in [1.54, 1.807) is 11.3 Å². The van der Waals surface area contributed by atoms with Gasteiger partial charge >= 0.3 is 5.97 Å². The molecule has 0 bridgehead atoms. The van der Waals surface area contributed by atoms with Crippen molar-refractivity contribution >= 4 is 27.4 Å². The first kappa shape index (κ1) is 16.2. The highest BCUT2D eigenvalue weighted by Gasteiger charge is 2.31. The quantitative estimate of drug-likeness (QED) is 0.765. The molecule has 1 saturated heterocycles. The first-order valence-electron chi connectivity index (χ1n) is 8.58. The van der Waals surface area contributed by atoms with Crippen LogP contribution in [0.2, 0.25) is 0 Å². The number of hydrogen-bond donors (Lipinski definition) is 1. The molecular formula is C20H20N2O2S. The minimum absolute atomic E-state index is 0.0911. The Labute approximate surface area is 150 Å². The lowest BCUT2D eigenvalue weighted by Gasteiger charge is -2.35. The highest BCUT2D eigenvalue weighted by molar-refractivity contribution is 7.19. The predicted octanol–water partition coefficient (Wildman–Crippen LogP) is 4.18. The molecule has 0 spiro atoms. The van der Waals surface area contributed by atoms with Gasteiger partial charge in [-0.1, -0.05) is 24.3 Å². The fourth-order valence-electron chi connectivity index (χ4n) is 3.59. The fourth-order valence-corrected chi connectivity index (χ4v) is 4.80. The van der Waals surface area contributed by atoms with Crippen molar-refractivity contribution in [3.05, 3.63) is 65.3 Å². The number of thiophene rings is 1. The van der Waals surface area contributed by atoms with Crippen molar-refractivity contribution in [2.75, 3.05) is 13.1 Å². The number of piperidine rings is 1. The van der Waals surface area contributed by atoms with E-state index >= 15 is 0 Å². The van der Waals surface area contributed by atoms with Gasteiger partial charge in [-0.3, -0.25) is 14.7 Å². The first-order chi connectivity index (χ1) is 12.2. The SMILES string of the molecule is O=C(O)C1CCN(C(c2ccccn2)c2cc3ccccc3s2)CC1. The van der Waals surface area contributed by atoms with Gasteiger partial charge in [0, 0.05) is 15.8 Å². The molecule has 0 saturated carbocycles. The molecule has 1 N–H and O–H groups in total. The Morgan fingerprint density at radius 3 is 2.60 bits per heavy atom. The van der Waals surface area contributed by atoms with Crippen LogP contribution < -0.4 is 0 Å². The molecule has 2 aromatic heterocycles. The van der Waals surface area contributed by atoms with Crippen molar-refractivity contribution < 1.29 is 9.90 Å². The molecule has 1 aliphatic heterocycles. The molecule has 128 valence electrons. The van der Waals surface area contributed by atoms with Gasteiger partial charge in [0.15, 0.2) is 0 Å². The Kier molecular flexibility index (Phi) is 4.51. The lowest BCUT2D eigenvalue weighted by molar-refractivity contribution is -0.143. The highest BCUT2D eigenvalue weighted by atomic mass is 32.1. The summed E-state index contributed by atoms with van der Waals surface area (Å²) in [5.41, 5.74) is 1.03. The van der Waals surface area contributed by atoms with E-state index in [4.69, 9.17) is 0 Å². The van der Waals surface area contributed by atoms with Crippen molar-refractivity contribution in [3.8, 4) is 0 Å². The van der Waals surface area contributed by atoms with Crippen molar-refractivity contribution in [1.29, 1.82) is 0 Å². The summed E-state index contributed by atoms with van der Waals surface area (Å²) >= 11 is 1.80. The number of rotatable bonds is 4. The van der Waals surface area contributed by atoms with E-state index in [1.807, 2.05) is 18.3 Å². The molecule has 1 atom stereocenters. The number of fused-ring (bicyclic) bond motifs is 1. The molecular weight excluding hydrogens is 332 g/mol. The van der Waals surface area contributed by atoms with Crippen LogP contribution in [0.1, 0.15) is 29.5 Å². The molecule has 4 nitrogen and oxygen atoms in total. The molecule has 0 aliphatic carbocycles. The van der Waals surface area contributed by atoms with E-state index < -0.39 is 5.97 Å². The number of hydrogen-bond acceptors (Lipinski definition) is 4. The Bertz CT molecular complexity index is 837. The normalized spacial score (nSPS) is 17.6. The molecule has 3 heterocycles. The maximum atomic E-state index is 11.3. The van der Waals surface area contributed by atoms with E-state index in [0.29, 0.717) is 12.8 Å². The van der Waals surface area contributed by atoms with Gasteiger partial charge in [0.05, 0.1) is 17.7 Å². The van der Waals surface area contributed by atoms with E-state index in [1.165, 1.54) is 15.0 Å². The predicted molar refractivity (Wildman–Crippen MR) is 99.8 cm³/mol. The topological polar surface area (TPSA) is 53.4 Å². The van der Waals surface area contributed by atoms with E-state index in [2.05, 4.69) is 46.3 Å². The van der Waals surface area contributed by atoms with Crippen molar-refractivity contribution in [3.63, 3.8) is 0 Å². The first-order valence-corrected chi connectivity index (χ1v) is 9.40. The van der Waals surface area contributed by atoms with Crippen LogP contribution in [0.3, 0.4) is 0 Å². The van der Waals surface area contributed by atoms with Crippen LogP contribution in [0.4, 0.5) is 0 Å². The number of aromatic nitrogens is 1. The molecule has 1 unspecified atom stereocenters. The number of benzene rings is 1. The molecule has 25 heavy (non-hydrogen) atoms. The zero-order chi connectivity index (χ0) is 17.2. The van der Waals surface area contributed by atoms with Crippen LogP contribution in [-0.4, -0.2) is 34.0 Å². The second-order valence-electron chi connectivity index (χ2n) is 6.49. The van der Waals surface area contributed by atoms with E-state index in [-0.39, 0.29) is 12.0 Å². The lowest BCUT2D eigenvalue weighted by atomic mass is 9.95. The molecule has 1 fully saturated rings. The zero-order valence-corrected chi connectivity index (χ0v) is 14.7. The summed E-state index contributed by atoms with van der Waals surface area (Å²) < 4.78 is 1.28. The van der Waals surface area contributed by atoms with Gasteiger partial charge in [-0.25, -0.2) is 0 Å². The third kappa shape index (κ3) is 3.30. The van der Waals surface area contributed by atoms with Crippen molar-refractivity contribution in [1.82, 2.24) is 9.88 Å². The number of likely N-dealkylation sites (tertiary alicyclic amines) is 1. The summed E-state index contributed by atoms with van der Waals surface area (Å²) in [7, 11) is 0. The monoisotopic (exact) mass is 352 g/mol. The van der Waals surface area contributed by atoms with Crippen LogP contribution >= 0.6 is 11.3 Å². The average Bonchev–Trinajstić information content (AvgIpc) is 3.07. The highest BCUT2D eigenvalue weighted by Crippen LogP contribution is 2.37. The number of carboxylic acids is 1. The van der Waals surface area contributed by atoms with Crippen LogP contribution in [-0.2, 0) is 4.79 Å². The molecule has 1 aliphatic rings. The van der Waals surface area contributed by atoms with Gasteiger partial charge in [0.25, 0.3) is 0 Å². The van der Waals surface area contributed by atoms with Gasteiger partial charge in [-0.15, -0.1) is 11.3 Å². The van der Waals surface area contributed by atoms with Crippen LogP contribution in [0.15, 0.2) is 54.7 Å². The van der Waals surface area contributed by atoms with Crippen LogP contribution in [0, 0.1) is 5.92 Å². The standard InChI is InChI=1S/C20H20N2O2S/c23-20(24)14-8-11-22(12-9-14)19(16-6-3-4-10-21-16)18-13-15-5-1-2-7-17(15)25-18/h1-7,10,13-14,19H,8-9,11-12H2,(H,23,24). The second-order valence-corrected chi connectivity index (χ2v) is 7.61. The van der Waals surface area contributed by atoms with E-state index in [0.717, 1.165) is 18.8 Å². The number of aliphatic carboxylic acids is 1. The average molecular weight is 352 g/mol. The lowest BCUT2D eigenvalue weighted by Crippen LogP contribution is -2.39. The number of pyridine rings is 1. The van der Waals surface area contributed by atoms with Gasteiger partial charge < -0.3 is 5.11 Å². The number of nitrogens with zero attached hydrogens (tertiary/aromatic N) is 2. The summed E-state index contributed by atoms with van der Waals surface area (Å²) in [5, 5.41) is 10.5. The molecule has 1 aromatic carbocycles. The number of carbonyl (C=O) groups is 1. The molecule has 4 rings (SSSR count). The summed E-state index contributed by atoms with van der Waals surface area (Å²) in [6.07, 6.45) is 3.23. The Hall–Kier alpha value is -2.24. The van der Waals surface area contributed by atoms with Gasteiger partial charge in [0.2, 0.25) is 0 Å². The van der Waals surface area contributed by atoms with Crippen LogP contribution in [0.5, 0.6) is 0 Å². The summed E-state index contributed by atoms with van der Waals surface area (Å²) in [6.45, 7) is 1.57. The minimum atomic E-state index is -0.670. The third-order valence-corrected chi connectivity index (χ3v) is 6.09. The zero-order valence-electron chi connectivity index (χ0n) is 13.8. The minimum Gasteiger partial charge on any atom is -0.481 e. The fraction of sp³-hybridized carbons (Fsp3) is 0.300. The Morgan fingerprint density at radius 1 is 1.16 bits per heavy atom. The van der Waals surface area contributed by atoms with E-state index in [9.17, 15) is 9.90 Å². The van der Waals surface area contributed by atoms with Crippen molar-refractivity contribution in [2.45, 2.75) is 18.9 Å². The molecule has 5 heteroatoms. The van der Waals surface area contributed by atoms with Crippen molar-refractivity contribution in [2.24, 2.45) is 5.92 Å². The van der Waals surface area contributed by atoms with Gasteiger partial charge in [-0.2, -0.15) is 0 Å². The molecule has 3 aromatic rings. The molecule has 0 amide bonds. The maximum absolute atomic E-state index is 11.3. The number of carboxylic acid groups (broad SMARTS) is 1. The Morgan fingerprint density at radius 2 is 1.92 bits per heavy atom. The largest absolute Gasteiger partial charge is 0.481 e. The summed E-state index contributed by atoms with van der Waals surface area (Å²) in [5.74, 6) is -0.890.